The SMILES string of the molecule is N=C(N)NO[N+](=O)[O-]. The molecule has 8 heavy (non-hydrogen) atoms. The van der Waals surface area contributed by atoms with Crippen LogP contribution in [0.1, 0.15) is 0 Å². The molecule has 0 spiro atoms. The Morgan fingerprint density at radius 2 is 2.50 bits per heavy atom. The van der Waals surface area contributed by atoms with Gasteiger partial charge in [0.25, 0.3) is 0 Å². The van der Waals surface area contributed by atoms with E-state index in [-0.39, 0.29) is 0 Å². The molecule has 0 aromatic heterocycles. The molecule has 0 amide bonds. The van der Waals surface area contributed by atoms with Crippen LogP contribution >= 0.6 is 0 Å². The average molecular weight is 120 g/mol. The first-order chi connectivity index (χ1) is 3.63. The van der Waals surface area contributed by atoms with Gasteiger partial charge in [0, 0.05) is 0 Å². The molecule has 7 heteroatoms. The maximum atomic E-state index is 9.27. The summed E-state index contributed by atoms with van der Waals surface area (Å²) in [5, 5.41) is 14.5. The lowest BCUT2D eigenvalue weighted by molar-refractivity contribution is -0.771. The molecule has 0 fully saturated rings. The quantitative estimate of drug-likeness (QED) is 0.179. The summed E-state index contributed by atoms with van der Waals surface area (Å²) in [6, 6.07) is 0. The van der Waals surface area contributed by atoms with Gasteiger partial charge in [-0.3, -0.25) is 5.41 Å². The smallest absolute Gasteiger partial charge is 0.316 e. The molecule has 7 nitrogen and oxygen atoms in total. The van der Waals surface area contributed by atoms with Gasteiger partial charge in [-0.25, -0.2) is 0 Å². The monoisotopic (exact) mass is 120 g/mol. The van der Waals surface area contributed by atoms with Crippen molar-refractivity contribution < 1.29 is 10.0 Å². The summed E-state index contributed by atoms with van der Waals surface area (Å²) >= 11 is 0. The zero-order valence-electron chi connectivity index (χ0n) is 3.75. The Morgan fingerprint density at radius 3 is 2.62 bits per heavy atom. The number of nitrogens with zero attached hydrogens (tertiary/aromatic N) is 1. The van der Waals surface area contributed by atoms with E-state index >= 15 is 0 Å². The lowest BCUT2D eigenvalue weighted by Crippen LogP contribution is -2.32. The molecule has 46 valence electrons. The zero-order chi connectivity index (χ0) is 6.57. The van der Waals surface area contributed by atoms with Crippen LogP contribution in [0.2, 0.25) is 0 Å². The number of guanidine groups is 1. The van der Waals surface area contributed by atoms with Crippen molar-refractivity contribution in [2.75, 3.05) is 0 Å². The third kappa shape index (κ3) is 4.47. The Hall–Kier alpha value is -1.53. The summed E-state index contributed by atoms with van der Waals surface area (Å²) in [5.41, 5.74) is 6.09. The Morgan fingerprint density at radius 1 is 2.00 bits per heavy atom. The maximum Gasteiger partial charge on any atom is 0.316 e. The second kappa shape index (κ2) is 2.61. The fourth-order valence-electron chi connectivity index (χ4n) is 0.0864. The van der Waals surface area contributed by atoms with Gasteiger partial charge in [-0.2, -0.15) is 10.4 Å². The summed E-state index contributed by atoms with van der Waals surface area (Å²) in [6.45, 7) is 0. The lowest BCUT2D eigenvalue weighted by Gasteiger charge is -1.95. The van der Waals surface area contributed by atoms with Gasteiger partial charge in [-0.05, 0) is 0 Å². The molecule has 0 rings (SSSR count). The van der Waals surface area contributed by atoms with E-state index in [9.17, 15) is 10.1 Å². The van der Waals surface area contributed by atoms with Gasteiger partial charge in [0.1, 0.15) is 0 Å². The fourth-order valence-corrected chi connectivity index (χ4v) is 0.0864. The van der Waals surface area contributed by atoms with Crippen molar-refractivity contribution >= 4 is 5.96 Å². The normalized spacial score (nSPS) is 7.50. The molecule has 0 saturated heterocycles. The van der Waals surface area contributed by atoms with E-state index in [4.69, 9.17) is 5.41 Å². The molecule has 0 unspecified atom stereocenters. The van der Waals surface area contributed by atoms with E-state index in [0.29, 0.717) is 0 Å². The van der Waals surface area contributed by atoms with Crippen LogP contribution in [0.5, 0.6) is 0 Å². The molecule has 0 atom stereocenters. The number of hydrogen-bond acceptors (Lipinski definition) is 4. The van der Waals surface area contributed by atoms with Gasteiger partial charge in [-0.15, -0.1) is 10.1 Å². The molecule has 4 N–H and O–H groups in total. The minimum Gasteiger partial charge on any atom is -0.369 e. The van der Waals surface area contributed by atoms with Crippen LogP contribution in [0, 0.1) is 15.5 Å². The van der Waals surface area contributed by atoms with E-state index in [1.165, 1.54) is 5.48 Å². The summed E-state index contributed by atoms with van der Waals surface area (Å²) in [5.74, 6) is -0.610. The van der Waals surface area contributed by atoms with E-state index in [1.54, 1.807) is 0 Å². The molecule has 0 aliphatic heterocycles. The van der Waals surface area contributed by atoms with E-state index in [2.05, 4.69) is 10.7 Å². The van der Waals surface area contributed by atoms with E-state index in [0.717, 1.165) is 0 Å². The minimum atomic E-state index is -1.11. The highest BCUT2D eigenvalue weighted by Crippen LogP contribution is 1.61. The molecule has 0 aromatic carbocycles. The number of hydrogen-bond donors (Lipinski definition) is 3. The second-order valence-electron chi connectivity index (χ2n) is 0.831. The molecule has 0 aliphatic carbocycles. The first kappa shape index (κ1) is 6.47. The first-order valence-corrected chi connectivity index (χ1v) is 1.54. The van der Waals surface area contributed by atoms with Crippen molar-refractivity contribution in [2.24, 2.45) is 5.73 Å². The van der Waals surface area contributed by atoms with Crippen LogP contribution in [-0.2, 0) is 4.94 Å². The average Bonchev–Trinajstić information content (AvgIpc) is 1.61. The van der Waals surface area contributed by atoms with Crippen molar-refractivity contribution in [1.29, 1.82) is 5.41 Å². The van der Waals surface area contributed by atoms with Crippen molar-refractivity contribution in [3.05, 3.63) is 10.1 Å². The Bertz CT molecular complexity index is 95.9. The lowest BCUT2D eigenvalue weighted by atomic mass is 11.1. The third-order valence-corrected chi connectivity index (χ3v) is 0.230. The predicted octanol–water partition coefficient (Wildman–Crippen LogP) is -1.41. The number of hydroxylamine groups is 1. The van der Waals surface area contributed by atoms with Crippen LogP contribution in [0.15, 0.2) is 0 Å². The van der Waals surface area contributed by atoms with Gasteiger partial charge < -0.3 is 5.73 Å². The molecular weight excluding hydrogens is 116 g/mol. The summed E-state index contributed by atoms with van der Waals surface area (Å²) < 4.78 is 0. The Kier molecular flexibility index (Phi) is 2.11. The highest BCUT2D eigenvalue weighted by atomic mass is 17.0. The summed E-state index contributed by atoms with van der Waals surface area (Å²) in [6.07, 6.45) is 0. The van der Waals surface area contributed by atoms with Crippen LogP contribution in [0.3, 0.4) is 0 Å². The van der Waals surface area contributed by atoms with Crippen LogP contribution in [-0.4, -0.2) is 11.0 Å². The summed E-state index contributed by atoms with van der Waals surface area (Å²) in [7, 11) is 0. The first-order valence-electron chi connectivity index (χ1n) is 1.54. The molecule has 0 radical (unpaired) electrons. The zero-order valence-corrected chi connectivity index (χ0v) is 3.75. The third-order valence-electron chi connectivity index (χ3n) is 0.230. The van der Waals surface area contributed by atoms with Gasteiger partial charge >= 0.3 is 5.09 Å². The van der Waals surface area contributed by atoms with Gasteiger partial charge in [0.05, 0.1) is 0 Å². The standard InChI is InChI=1S/CH4N4O3/c2-1(3)4-8-5(6)7/h(H4,2,3,4). The van der Waals surface area contributed by atoms with Crippen molar-refractivity contribution in [2.45, 2.75) is 0 Å². The molecule has 0 aliphatic rings. The van der Waals surface area contributed by atoms with Gasteiger partial charge in [0.15, 0.2) is 0 Å². The maximum absolute atomic E-state index is 9.27. The summed E-state index contributed by atoms with van der Waals surface area (Å²) in [4.78, 5) is 12.7. The number of rotatable bonds is 2. The van der Waals surface area contributed by atoms with E-state index in [1.807, 2.05) is 0 Å². The van der Waals surface area contributed by atoms with Crippen molar-refractivity contribution in [1.82, 2.24) is 5.48 Å². The second-order valence-corrected chi connectivity index (χ2v) is 0.831. The van der Waals surface area contributed by atoms with Crippen LogP contribution in [0.4, 0.5) is 0 Å². The Labute approximate surface area is 44.0 Å². The van der Waals surface area contributed by atoms with Crippen LogP contribution < -0.4 is 11.2 Å². The highest BCUT2D eigenvalue weighted by Gasteiger charge is 1.91. The molecular formula is CH4N4O3. The predicted molar refractivity (Wildman–Crippen MR) is 23.1 cm³/mol. The highest BCUT2D eigenvalue weighted by molar-refractivity contribution is 5.72. The largest absolute Gasteiger partial charge is 0.369 e. The Balaban J connectivity index is 3.18. The molecule has 0 bridgehead atoms. The topological polar surface area (TPSA) is 114 Å². The minimum absolute atomic E-state index is 0.610. The molecule has 0 aromatic rings. The molecule has 0 heterocycles. The van der Waals surface area contributed by atoms with Gasteiger partial charge in [-0.1, -0.05) is 0 Å². The fraction of sp³-hybridized carbons (Fsp3) is 0. The number of nitrogens with two attached hydrogens (primary N) is 1. The van der Waals surface area contributed by atoms with Gasteiger partial charge in [0.2, 0.25) is 5.96 Å². The molecule has 0 saturated carbocycles. The number of nitrogens with one attached hydrogen (secondary N) is 2. The van der Waals surface area contributed by atoms with Crippen LogP contribution in [0.25, 0.3) is 0 Å². The van der Waals surface area contributed by atoms with Crippen molar-refractivity contribution in [3.63, 3.8) is 0 Å². The van der Waals surface area contributed by atoms with E-state index < -0.39 is 11.0 Å². The van der Waals surface area contributed by atoms with Crippen molar-refractivity contribution in [3.8, 4) is 0 Å².